The molecule has 0 spiro atoms. The summed E-state index contributed by atoms with van der Waals surface area (Å²) in [5, 5.41) is 10.7. The molecule has 7 nitrogen and oxygen atoms in total. The summed E-state index contributed by atoms with van der Waals surface area (Å²) >= 11 is 0. The van der Waals surface area contributed by atoms with Gasteiger partial charge in [-0.05, 0) is 41.0 Å². The van der Waals surface area contributed by atoms with Crippen LogP contribution in [-0.2, 0) is 0 Å². The first-order valence-electron chi connectivity index (χ1n) is 6.10. The number of hydrogen-bond acceptors (Lipinski definition) is 7. The van der Waals surface area contributed by atoms with E-state index in [2.05, 4.69) is 25.1 Å². The van der Waals surface area contributed by atoms with Crippen LogP contribution >= 0.6 is 0 Å². The molecule has 2 aromatic heterocycles. The Morgan fingerprint density at radius 1 is 1.18 bits per heavy atom. The summed E-state index contributed by atoms with van der Waals surface area (Å²) in [6.45, 7) is 1.68. The Balaban J connectivity index is 1.90. The number of hydrogen-bond donors (Lipinski definition) is 1. The average Bonchev–Trinajstić information content (AvgIpc) is 3.11. The van der Waals surface area contributed by atoms with E-state index in [1.165, 1.54) is 6.07 Å². The monoisotopic (exact) mass is 305 g/mol. The van der Waals surface area contributed by atoms with E-state index in [0.717, 1.165) is 12.1 Å². The molecule has 0 fully saturated rings. The van der Waals surface area contributed by atoms with Gasteiger partial charge in [-0.25, -0.2) is 13.4 Å². The second kappa shape index (κ2) is 5.35. The maximum absolute atomic E-state index is 13.2. The lowest BCUT2D eigenvalue weighted by Gasteiger charge is -1.97. The molecule has 0 saturated carbocycles. The van der Waals surface area contributed by atoms with Crippen LogP contribution in [0.2, 0.25) is 0 Å². The van der Waals surface area contributed by atoms with Crippen molar-refractivity contribution in [3.8, 4) is 11.5 Å². The Bertz CT molecular complexity index is 856. The summed E-state index contributed by atoms with van der Waals surface area (Å²) in [6, 6.07) is 3.53. The molecule has 9 heteroatoms. The third-order valence-electron chi connectivity index (χ3n) is 2.82. The van der Waals surface area contributed by atoms with E-state index in [9.17, 15) is 8.78 Å². The van der Waals surface area contributed by atoms with Gasteiger partial charge in [0.05, 0.1) is 0 Å². The number of nitrogen functional groups attached to an aromatic ring is 1. The molecule has 0 aliphatic rings. The van der Waals surface area contributed by atoms with Crippen LogP contribution < -0.4 is 5.73 Å². The first kappa shape index (κ1) is 13.9. The topological polar surface area (TPSA) is 104 Å². The third kappa shape index (κ3) is 2.55. The summed E-state index contributed by atoms with van der Waals surface area (Å²) < 4.78 is 35.6. The minimum absolute atomic E-state index is 0.0367. The van der Waals surface area contributed by atoms with Gasteiger partial charge >= 0.3 is 0 Å². The van der Waals surface area contributed by atoms with Crippen molar-refractivity contribution < 1.29 is 17.9 Å². The van der Waals surface area contributed by atoms with Crippen LogP contribution in [0.3, 0.4) is 0 Å². The van der Waals surface area contributed by atoms with Crippen molar-refractivity contribution in [3.05, 3.63) is 41.3 Å². The van der Waals surface area contributed by atoms with Gasteiger partial charge in [-0.2, -0.15) is 4.98 Å². The highest BCUT2D eigenvalue weighted by Gasteiger charge is 2.17. The zero-order valence-corrected chi connectivity index (χ0v) is 11.2. The summed E-state index contributed by atoms with van der Waals surface area (Å²) in [7, 11) is 0. The van der Waals surface area contributed by atoms with Crippen molar-refractivity contribution in [1.29, 1.82) is 0 Å². The Morgan fingerprint density at radius 2 is 2.00 bits per heavy atom. The van der Waals surface area contributed by atoms with Crippen LogP contribution in [0.5, 0.6) is 0 Å². The van der Waals surface area contributed by atoms with Gasteiger partial charge in [0.2, 0.25) is 5.82 Å². The molecule has 0 unspecified atom stereocenters. The van der Waals surface area contributed by atoms with Crippen molar-refractivity contribution in [2.45, 2.75) is 6.92 Å². The first-order chi connectivity index (χ1) is 10.5. The molecule has 0 amide bonds. The molecular weight excluding hydrogens is 296 g/mol. The van der Waals surface area contributed by atoms with Crippen molar-refractivity contribution in [2.24, 2.45) is 0 Å². The van der Waals surface area contributed by atoms with Gasteiger partial charge in [-0.1, -0.05) is 11.2 Å². The molecule has 112 valence electrons. The number of rotatable bonds is 3. The van der Waals surface area contributed by atoms with Gasteiger partial charge in [0.25, 0.3) is 5.89 Å². The Kier molecular flexibility index (Phi) is 3.37. The number of allylic oxidation sites excluding steroid dienone is 1. The van der Waals surface area contributed by atoms with Crippen molar-refractivity contribution in [2.75, 3.05) is 5.73 Å². The zero-order chi connectivity index (χ0) is 15.7. The zero-order valence-electron chi connectivity index (χ0n) is 11.2. The lowest BCUT2D eigenvalue weighted by Crippen LogP contribution is -1.90. The van der Waals surface area contributed by atoms with Gasteiger partial charge in [0, 0.05) is 5.57 Å². The second-order valence-electron chi connectivity index (χ2n) is 4.42. The molecular formula is C13H9F2N5O2. The Morgan fingerprint density at radius 3 is 2.68 bits per heavy atom. The number of benzene rings is 1. The number of anilines is 1. The molecule has 2 heterocycles. The van der Waals surface area contributed by atoms with Gasteiger partial charge in [0.1, 0.15) is 0 Å². The number of nitrogens with two attached hydrogens (primary N) is 1. The molecule has 0 radical (unpaired) electrons. The van der Waals surface area contributed by atoms with E-state index in [4.69, 9.17) is 10.3 Å². The largest absolute Gasteiger partial charge is 0.379 e. The highest BCUT2D eigenvalue weighted by molar-refractivity contribution is 5.77. The van der Waals surface area contributed by atoms with Crippen molar-refractivity contribution in [3.63, 3.8) is 0 Å². The molecule has 0 bridgehead atoms. The molecule has 0 aliphatic carbocycles. The lowest BCUT2D eigenvalue weighted by atomic mass is 10.1. The highest BCUT2D eigenvalue weighted by Crippen LogP contribution is 2.22. The molecule has 22 heavy (non-hydrogen) atoms. The van der Waals surface area contributed by atoms with E-state index in [1.807, 2.05) is 0 Å². The van der Waals surface area contributed by atoms with E-state index in [1.54, 1.807) is 13.0 Å². The van der Waals surface area contributed by atoms with E-state index in [-0.39, 0.29) is 23.2 Å². The molecule has 3 aromatic rings. The van der Waals surface area contributed by atoms with Crippen LogP contribution in [-0.4, -0.2) is 20.5 Å². The highest BCUT2D eigenvalue weighted by atomic mass is 19.2. The SMILES string of the molecule is C/C(=C/c1ccc(F)c(F)c1)c1nc(-c2nonc2N)no1. The van der Waals surface area contributed by atoms with Crippen LogP contribution in [0.4, 0.5) is 14.6 Å². The summed E-state index contributed by atoms with van der Waals surface area (Å²) in [5.74, 6) is -1.51. The number of aromatic nitrogens is 4. The maximum Gasteiger partial charge on any atom is 0.253 e. The molecule has 0 atom stereocenters. The van der Waals surface area contributed by atoms with Crippen LogP contribution in [0, 0.1) is 11.6 Å². The van der Waals surface area contributed by atoms with Gasteiger partial charge in [0.15, 0.2) is 23.1 Å². The van der Waals surface area contributed by atoms with Gasteiger partial charge in [-0.3, -0.25) is 0 Å². The third-order valence-corrected chi connectivity index (χ3v) is 2.82. The molecule has 2 N–H and O–H groups in total. The smallest absolute Gasteiger partial charge is 0.253 e. The van der Waals surface area contributed by atoms with Crippen molar-refractivity contribution in [1.82, 2.24) is 20.5 Å². The first-order valence-corrected chi connectivity index (χ1v) is 6.10. The van der Waals surface area contributed by atoms with Gasteiger partial charge in [-0.15, -0.1) is 0 Å². The number of halogens is 2. The lowest BCUT2D eigenvalue weighted by molar-refractivity contribution is 0.310. The fourth-order valence-corrected chi connectivity index (χ4v) is 1.74. The number of nitrogens with zero attached hydrogens (tertiary/aromatic N) is 4. The average molecular weight is 305 g/mol. The fourth-order valence-electron chi connectivity index (χ4n) is 1.74. The van der Waals surface area contributed by atoms with E-state index in [0.29, 0.717) is 11.1 Å². The second-order valence-corrected chi connectivity index (χ2v) is 4.42. The maximum atomic E-state index is 13.2. The van der Waals surface area contributed by atoms with E-state index < -0.39 is 11.6 Å². The van der Waals surface area contributed by atoms with Crippen molar-refractivity contribution >= 4 is 17.5 Å². The molecule has 3 rings (SSSR count). The predicted octanol–water partition coefficient (Wildman–Crippen LogP) is 2.54. The molecule has 1 aromatic carbocycles. The normalized spacial score (nSPS) is 11.9. The minimum Gasteiger partial charge on any atom is -0.379 e. The Labute approximate surface area is 122 Å². The standard InChI is InChI=1S/C13H9F2N5O2/c1-6(4-7-2-3-8(14)9(15)5-7)13-17-12(20-21-13)10-11(16)19-22-18-10/h2-5H,1H3,(H2,16,19)/b6-4-. The quantitative estimate of drug-likeness (QED) is 0.792. The Hall–Kier alpha value is -3.10. The minimum atomic E-state index is -0.936. The predicted molar refractivity (Wildman–Crippen MR) is 71.9 cm³/mol. The summed E-state index contributed by atoms with van der Waals surface area (Å²) in [4.78, 5) is 4.09. The summed E-state index contributed by atoms with van der Waals surface area (Å²) in [5.41, 5.74) is 6.71. The van der Waals surface area contributed by atoms with Crippen LogP contribution in [0.15, 0.2) is 27.4 Å². The molecule has 0 aliphatic heterocycles. The fraction of sp³-hybridized carbons (Fsp3) is 0.0769. The molecule has 0 saturated heterocycles. The summed E-state index contributed by atoms with van der Waals surface area (Å²) in [6.07, 6.45) is 1.57. The van der Waals surface area contributed by atoms with Gasteiger partial charge < -0.3 is 10.3 Å². The van der Waals surface area contributed by atoms with Crippen LogP contribution in [0.25, 0.3) is 23.2 Å². The van der Waals surface area contributed by atoms with Crippen LogP contribution in [0.1, 0.15) is 18.4 Å². The van der Waals surface area contributed by atoms with E-state index >= 15 is 0 Å².